The molecule has 1 N–H and O–H groups in total. The Kier molecular flexibility index (Phi) is 5.62. The number of nitro benzene ring substituents is 1. The van der Waals surface area contributed by atoms with Crippen molar-refractivity contribution in [2.75, 3.05) is 6.61 Å². The summed E-state index contributed by atoms with van der Waals surface area (Å²) in [5.74, 6) is -1.40. The van der Waals surface area contributed by atoms with E-state index in [0.29, 0.717) is 18.8 Å². The lowest BCUT2D eigenvalue weighted by atomic mass is 9.70. The van der Waals surface area contributed by atoms with Gasteiger partial charge in [-0.25, -0.2) is 4.79 Å². The van der Waals surface area contributed by atoms with Crippen LogP contribution in [0.2, 0.25) is 5.02 Å². The number of hydrogen-bond acceptors (Lipinski definition) is 5. The molecule has 29 heavy (non-hydrogen) atoms. The van der Waals surface area contributed by atoms with Crippen LogP contribution < -0.4 is 0 Å². The molecule has 1 spiro atoms. The number of nitrogens with zero attached hydrogens (tertiary/aromatic N) is 2. The Bertz CT molecular complexity index is 842. The number of nitro groups is 1. The largest absolute Gasteiger partial charge is 0.480 e. The zero-order valence-corrected chi connectivity index (χ0v) is 17.4. The van der Waals surface area contributed by atoms with Crippen molar-refractivity contribution in [2.24, 2.45) is 11.3 Å². The maximum absolute atomic E-state index is 13.4. The zero-order valence-electron chi connectivity index (χ0n) is 16.7. The highest BCUT2D eigenvalue weighted by Crippen LogP contribution is 2.47. The molecule has 1 amide bonds. The summed E-state index contributed by atoms with van der Waals surface area (Å²) in [6.45, 7) is 6.37. The molecule has 3 rings (SSSR count). The molecule has 1 aliphatic heterocycles. The Morgan fingerprint density at radius 2 is 1.93 bits per heavy atom. The standard InChI is InChI=1S/C20H25ClN2O6/c1-19(2,3)12-6-8-20(9-7-12)22(16(11-29-20)18(25)26)17(24)14-10-13(23(27)28)4-5-15(14)21/h4-5,10,12,16H,6-9,11H2,1-3H3,(H,25,26)/t12?,16-,20?/m0/s1. The van der Waals surface area contributed by atoms with Gasteiger partial charge < -0.3 is 9.84 Å². The number of amides is 1. The van der Waals surface area contributed by atoms with Crippen molar-refractivity contribution in [3.05, 3.63) is 38.9 Å². The van der Waals surface area contributed by atoms with E-state index in [-0.39, 0.29) is 28.3 Å². The molecule has 1 aromatic rings. The lowest BCUT2D eigenvalue weighted by Crippen LogP contribution is -2.55. The number of halogens is 1. The molecule has 1 aromatic carbocycles. The summed E-state index contributed by atoms with van der Waals surface area (Å²) < 4.78 is 5.94. The molecule has 158 valence electrons. The number of aliphatic carboxylic acids is 1. The van der Waals surface area contributed by atoms with Crippen LogP contribution >= 0.6 is 11.6 Å². The summed E-state index contributed by atoms with van der Waals surface area (Å²) in [7, 11) is 0. The lowest BCUT2D eigenvalue weighted by Gasteiger charge is -2.46. The lowest BCUT2D eigenvalue weighted by molar-refractivity contribution is -0.384. The molecule has 9 heteroatoms. The van der Waals surface area contributed by atoms with Gasteiger partial charge in [-0.15, -0.1) is 0 Å². The summed E-state index contributed by atoms with van der Waals surface area (Å²) in [5.41, 5.74) is -1.30. The summed E-state index contributed by atoms with van der Waals surface area (Å²) in [5, 5.41) is 20.8. The van der Waals surface area contributed by atoms with Crippen LogP contribution in [0.3, 0.4) is 0 Å². The van der Waals surface area contributed by atoms with E-state index in [2.05, 4.69) is 20.8 Å². The molecule has 1 saturated heterocycles. The van der Waals surface area contributed by atoms with Crippen molar-refractivity contribution in [1.29, 1.82) is 0 Å². The number of non-ortho nitro benzene ring substituents is 1. The number of hydrogen-bond donors (Lipinski definition) is 1. The summed E-state index contributed by atoms with van der Waals surface area (Å²) in [6, 6.07) is 2.42. The normalized spacial score (nSPS) is 27.2. The van der Waals surface area contributed by atoms with Gasteiger partial charge in [-0.3, -0.25) is 19.8 Å². The number of ether oxygens (including phenoxy) is 1. The molecule has 1 heterocycles. The highest BCUT2D eigenvalue weighted by atomic mass is 35.5. The van der Waals surface area contributed by atoms with Crippen molar-refractivity contribution in [3.8, 4) is 0 Å². The molecule has 0 bridgehead atoms. The minimum absolute atomic E-state index is 0.0372. The average molecular weight is 425 g/mol. The second kappa shape index (κ2) is 7.57. The third-order valence-electron chi connectivity index (χ3n) is 6.15. The molecule has 0 unspecified atom stereocenters. The molecule has 1 saturated carbocycles. The third-order valence-corrected chi connectivity index (χ3v) is 6.48. The summed E-state index contributed by atoms with van der Waals surface area (Å²) in [6.07, 6.45) is 2.61. The van der Waals surface area contributed by atoms with Crippen LogP contribution in [-0.4, -0.2) is 45.2 Å². The number of carbonyl (C=O) groups excluding carboxylic acids is 1. The monoisotopic (exact) mass is 424 g/mol. The van der Waals surface area contributed by atoms with E-state index in [1.54, 1.807) is 0 Å². The van der Waals surface area contributed by atoms with E-state index in [9.17, 15) is 24.8 Å². The fourth-order valence-electron chi connectivity index (χ4n) is 4.41. The molecule has 2 fully saturated rings. The van der Waals surface area contributed by atoms with Gasteiger partial charge in [-0.1, -0.05) is 32.4 Å². The second-order valence-electron chi connectivity index (χ2n) is 8.85. The van der Waals surface area contributed by atoms with E-state index in [0.717, 1.165) is 18.9 Å². The molecule has 8 nitrogen and oxygen atoms in total. The van der Waals surface area contributed by atoms with Gasteiger partial charge in [0.1, 0.15) is 5.72 Å². The maximum Gasteiger partial charge on any atom is 0.328 e. The Morgan fingerprint density at radius 1 is 1.31 bits per heavy atom. The van der Waals surface area contributed by atoms with Crippen LogP contribution in [0, 0.1) is 21.4 Å². The van der Waals surface area contributed by atoms with Gasteiger partial charge in [-0.2, -0.15) is 0 Å². The van der Waals surface area contributed by atoms with Gasteiger partial charge in [0.25, 0.3) is 11.6 Å². The third kappa shape index (κ3) is 3.96. The molecular weight excluding hydrogens is 400 g/mol. The first kappa shape index (κ1) is 21.5. The number of carbonyl (C=O) groups is 2. The number of benzene rings is 1. The van der Waals surface area contributed by atoms with Crippen molar-refractivity contribution >= 4 is 29.2 Å². The Hall–Kier alpha value is -2.19. The quantitative estimate of drug-likeness (QED) is 0.577. The molecule has 1 atom stereocenters. The Balaban J connectivity index is 1.97. The van der Waals surface area contributed by atoms with Crippen molar-refractivity contribution < 1.29 is 24.4 Å². The first-order valence-corrected chi connectivity index (χ1v) is 9.98. The van der Waals surface area contributed by atoms with Crippen LogP contribution in [0.15, 0.2) is 18.2 Å². The summed E-state index contributed by atoms with van der Waals surface area (Å²) in [4.78, 5) is 37.0. The van der Waals surface area contributed by atoms with E-state index < -0.39 is 28.6 Å². The van der Waals surface area contributed by atoms with Gasteiger partial charge in [0.05, 0.1) is 22.1 Å². The zero-order chi connectivity index (χ0) is 21.6. The number of carboxylic acid groups (broad SMARTS) is 1. The van der Waals surface area contributed by atoms with Crippen molar-refractivity contribution in [2.45, 2.75) is 58.2 Å². The maximum atomic E-state index is 13.4. The topological polar surface area (TPSA) is 110 Å². The van der Waals surface area contributed by atoms with E-state index in [4.69, 9.17) is 16.3 Å². The van der Waals surface area contributed by atoms with E-state index in [1.807, 2.05) is 0 Å². The minimum atomic E-state index is -1.17. The molecular formula is C20H25ClN2O6. The predicted octanol–water partition coefficient (Wildman–Crippen LogP) is 4.11. The molecule has 0 radical (unpaired) electrons. The first-order valence-electron chi connectivity index (χ1n) is 9.61. The van der Waals surface area contributed by atoms with Gasteiger partial charge in [-0.05, 0) is 43.1 Å². The SMILES string of the molecule is CC(C)(C)C1CCC2(CC1)OC[C@@H](C(=O)O)N2C(=O)c1cc([N+](=O)[O-])ccc1Cl. The van der Waals surface area contributed by atoms with Crippen LogP contribution in [0.25, 0.3) is 0 Å². The Labute approximate surface area is 173 Å². The highest BCUT2D eigenvalue weighted by Gasteiger charge is 2.55. The van der Waals surface area contributed by atoms with Crippen molar-refractivity contribution in [1.82, 2.24) is 4.90 Å². The van der Waals surface area contributed by atoms with E-state index in [1.165, 1.54) is 17.0 Å². The van der Waals surface area contributed by atoms with Crippen LogP contribution in [-0.2, 0) is 9.53 Å². The second-order valence-corrected chi connectivity index (χ2v) is 9.26. The van der Waals surface area contributed by atoms with Gasteiger partial charge in [0.15, 0.2) is 6.04 Å². The molecule has 2 aliphatic rings. The minimum Gasteiger partial charge on any atom is -0.480 e. The van der Waals surface area contributed by atoms with Gasteiger partial charge in [0.2, 0.25) is 0 Å². The number of rotatable bonds is 3. The molecule has 0 aromatic heterocycles. The Morgan fingerprint density at radius 3 is 2.45 bits per heavy atom. The van der Waals surface area contributed by atoms with Gasteiger partial charge >= 0.3 is 5.97 Å². The van der Waals surface area contributed by atoms with Crippen LogP contribution in [0.1, 0.15) is 56.8 Å². The average Bonchev–Trinajstić information content (AvgIpc) is 2.99. The fraction of sp³-hybridized carbons (Fsp3) is 0.600. The number of carboxylic acids is 1. The molecule has 1 aliphatic carbocycles. The smallest absolute Gasteiger partial charge is 0.328 e. The van der Waals surface area contributed by atoms with E-state index >= 15 is 0 Å². The van der Waals surface area contributed by atoms with Crippen LogP contribution in [0.4, 0.5) is 5.69 Å². The first-order chi connectivity index (χ1) is 13.5. The van der Waals surface area contributed by atoms with Crippen LogP contribution in [0.5, 0.6) is 0 Å². The predicted molar refractivity (Wildman–Crippen MR) is 106 cm³/mol. The van der Waals surface area contributed by atoms with Crippen molar-refractivity contribution in [3.63, 3.8) is 0 Å². The summed E-state index contributed by atoms with van der Waals surface area (Å²) >= 11 is 6.15. The highest BCUT2D eigenvalue weighted by molar-refractivity contribution is 6.34. The fourth-order valence-corrected chi connectivity index (χ4v) is 4.61. The van der Waals surface area contributed by atoms with Gasteiger partial charge in [0, 0.05) is 12.1 Å².